The van der Waals surface area contributed by atoms with E-state index in [1.807, 2.05) is 60.0 Å². The van der Waals surface area contributed by atoms with E-state index in [0.29, 0.717) is 27.4 Å². The smallest absolute Gasteiger partial charge is 0.219 e. The Labute approximate surface area is 178 Å². The summed E-state index contributed by atoms with van der Waals surface area (Å²) in [4.78, 5) is 17.5. The molecular weight excluding hydrogens is 409 g/mol. The SMILES string of the molecule is CN(c1ccc(Oc2ccc3c(c2)cc(C=O)n3C)nc1)c1ccc(Cl)c(Cl)c1. The van der Waals surface area contributed by atoms with Gasteiger partial charge in [-0.3, -0.25) is 4.79 Å². The highest BCUT2D eigenvalue weighted by Crippen LogP contribution is 2.31. The van der Waals surface area contributed by atoms with Crippen molar-refractivity contribution >= 4 is 51.8 Å². The van der Waals surface area contributed by atoms with E-state index in [0.717, 1.165) is 28.6 Å². The largest absolute Gasteiger partial charge is 0.439 e. The van der Waals surface area contributed by atoms with Gasteiger partial charge in [0.1, 0.15) is 5.75 Å². The topological polar surface area (TPSA) is 47.4 Å². The molecule has 2 aromatic carbocycles. The molecule has 0 bridgehead atoms. The monoisotopic (exact) mass is 425 g/mol. The van der Waals surface area contributed by atoms with Gasteiger partial charge < -0.3 is 14.2 Å². The van der Waals surface area contributed by atoms with E-state index in [1.165, 1.54) is 0 Å². The van der Waals surface area contributed by atoms with Crippen LogP contribution in [0.3, 0.4) is 0 Å². The molecule has 0 amide bonds. The summed E-state index contributed by atoms with van der Waals surface area (Å²) in [5.74, 6) is 1.13. The van der Waals surface area contributed by atoms with E-state index in [2.05, 4.69) is 4.98 Å². The van der Waals surface area contributed by atoms with Gasteiger partial charge in [0.15, 0.2) is 6.29 Å². The summed E-state index contributed by atoms with van der Waals surface area (Å²) in [6, 6.07) is 16.7. The Morgan fingerprint density at radius 2 is 1.79 bits per heavy atom. The van der Waals surface area contributed by atoms with Crippen LogP contribution in [0.2, 0.25) is 10.0 Å². The fourth-order valence-corrected chi connectivity index (χ4v) is 3.41. The molecule has 5 nitrogen and oxygen atoms in total. The van der Waals surface area contributed by atoms with Crippen LogP contribution in [0.4, 0.5) is 11.4 Å². The van der Waals surface area contributed by atoms with Gasteiger partial charge in [-0.1, -0.05) is 23.2 Å². The van der Waals surface area contributed by atoms with E-state index in [-0.39, 0.29) is 0 Å². The quantitative estimate of drug-likeness (QED) is 0.354. The lowest BCUT2D eigenvalue weighted by atomic mass is 10.2. The van der Waals surface area contributed by atoms with Crippen molar-refractivity contribution in [2.45, 2.75) is 0 Å². The number of carbonyl (C=O) groups excluding carboxylic acids is 1. The Kier molecular flexibility index (Phi) is 5.18. The molecule has 4 aromatic rings. The minimum atomic E-state index is 0.474. The first-order valence-electron chi connectivity index (χ1n) is 8.83. The molecule has 0 aliphatic rings. The van der Waals surface area contributed by atoms with E-state index >= 15 is 0 Å². The van der Waals surface area contributed by atoms with Crippen LogP contribution in [0.15, 0.2) is 60.8 Å². The van der Waals surface area contributed by atoms with E-state index < -0.39 is 0 Å². The predicted octanol–water partition coefficient (Wildman–Crippen LogP) is 6.25. The molecule has 0 aliphatic carbocycles. The van der Waals surface area contributed by atoms with Gasteiger partial charge in [-0.15, -0.1) is 0 Å². The molecule has 0 radical (unpaired) electrons. The first-order chi connectivity index (χ1) is 14.0. The minimum absolute atomic E-state index is 0.474. The normalized spacial score (nSPS) is 10.9. The van der Waals surface area contributed by atoms with Crippen molar-refractivity contribution in [3.8, 4) is 11.6 Å². The van der Waals surface area contributed by atoms with Gasteiger partial charge >= 0.3 is 0 Å². The van der Waals surface area contributed by atoms with Crippen LogP contribution in [-0.2, 0) is 7.05 Å². The van der Waals surface area contributed by atoms with Crippen molar-refractivity contribution in [3.63, 3.8) is 0 Å². The molecule has 0 aliphatic heterocycles. The van der Waals surface area contributed by atoms with Gasteiger partial charge in [0.2, 0.25) is 5.88 Å². The molecule has 0 spiro atoms. The number of benzene rings is 2. The number of anilines is 2. The van der Waals surface area contributed by atoms with Crippen molar-refractivity contribution in [1.29, 1.82) is 0 Å². The predicted molar refractivity (Wildman–Crippen MR) is 117 cm³/mol. The molecular formula is C22H17Cl2N3O2. The molecule has 7 heteroatoms. The molecule has 0 atom stereocenters. The number of hydrogen-bond acceptors (Lipinski definition) is 4. The van der Waals surface area contributed by atoms with Crippen molar-refractivity contribution in [2.24, 2.45) is 7.05 Å². The Morgan fingerprint density at radius 3 is 2.48 bits per heavy atom. The van der Waals surface area contributed by atoms with E-state index in [9.17, 15) is 4.79 Å². The summed E-state index contributed by atoms with van der Waals surface area (Å²) < 4.78 is 7.72. The standard InChI is InChI=1S/C22H17Cl2N3O2/c1-26(15-3-6-19(23)20(24)11-15)16-4-8-22(25-12-16)29-18-5-7-21-14(10-18)9-17(13-28)27(21)2/h3-13H,1-2H3. The number of aldehydes is 1. The maximum atomic E-state index is 11.1. The number of carbonyl (C=O) groups is 1. The Bertz CT molecular complexity index is 1200. The number of rotatable bonds is 5. The van der Waals surface area contributed by atoms with Gasteiger partial charge in [0.05, 0.1) is 27.6 Å². The molecule has 0 fully saturated rings. The molecule has 146 valence electrons. The molecule has 29 heavy (non-hydrogen) atoms. The van der Waals surface area contributed by atoms with Crippen LogP contribution >= 0.6 is 23.2 Å². The lowest BCUT2D eigenvalue weighted by molar-refractivity contribution is 0.111. The highest BCUT2D eigenvalue weighted by Gasteiger charge is 2.09. The second-order valence-corrected chi connectivity index (χ2v) is 7.40. The summed E-state index contributed by atoms with van der Waals surface area (Å²) >= 11 is 12.1. The third-order valence-corrected chi connectivity index (χ3v) is 5.53. The number of fused-ring (bicyclic) bond motifs is 1. The highest BCUT2D eigenvalue weighted by atomic mass is 35.5. The van der Waals surface area contributed by atoms with Crippen LogP contribution in [0, 0.1) is 0 Å². The number of halogens is 2. The summed E-state index contributed by atoms with van der Waals surface area (Å²) in [6.07, 6.45) is 2.56. The second-order valence-electron chi connectivity index (χ2n) is 6.58. The zero-order valence-electron chi connectivity index (χ0n) is 15.8. The Morgan fingerprint density at radius 1 is 1.00 bits per heavy atom. The zero-order valence-corrected chi connectivity index (χ0v) is 17.3. The summed E-state index contributed by atoms with van der Waals surface area (Å²) in [5.41, 5.74) is 3.36. The molecule has 0 saturated carbocycles. The summed E-state index contributed by atoms with van der Waals surface area (Å²) in [5, 5.41) is 1.95. The molecule has 0 N–H and O–H groups in total. The molecule has 0 saturated heterocycles. The number of aromatic nitrogens is 2. The van der Waals surface area contributed by atoms with Gasteiger partial charge in [-0.2, -0.15) is 0 Å². The first kappa shape index (κ1) is 19.3. The maximum Gasteiger partial charge on any atom is 0.219 e. The van der Waals surface area contributed by atoms with Crippen molar-refractivity contribution in [3.05, 3.63) is 76.5 Å². The fourth-order valence-electron chi connectivity index (χ4n) is 3.12. The van der Waals surface area contributed by atoms with Crippen molar-refractivity contribution < 1.29 is 9.53 Å². The number of ether oxygens (including phenoxy) is 1. The van der Waals surface area contributed by atoms with Gasteiger partial charge in [-0.25, -0.2) is 4.98 Å². The number of hydrogen-bond donors (Lipinski definition) is 0. The molecule has 4 rings (SSSR count). The maximum absolute atomic E-state index is 11.1. The average molecular weight is 426 g/mol. The number of aryl methyl sites for hydroxylation is 1. The van der Waals surface area contributed by atoms with Crippen molar-refractivity contribution in [2.75, 3.05) is 11.9 Å². The number of nitrogens with zero attached hydrogens (tertiary/aromatic N) is 3. The van der Waals surface area contributed by atoms with Crippen molar-refractivity contribution in [1.82, 2.24) is 9.55 Å². The lowest BCUT2D eigenvalue weighted by Gasteiger charge is -2.19. The average Bonchev–Trinajstić information content (AvgIpc) is 3.05. The van der Waals surface area contributed by atoms with Crippen LogP contribution in [0.25, 0.3) is 10.9 Å². The van der Waals surface area contributed by atoms with Crippen LogP contribution in [0.5, 0.6) is 11.6 Å². The lowest BCUT2D eigenvalue weighted by Crippen LogP contribution is -2.09. The molecule has 0 unspecified atom stereocenters. The third kappa shape index (κ3) is 3.79. The van der Waals surface area contributed by atoms with E-state index in [1.54, 1.807) is 24.4 Å². The Hall–Kier alpha value is -3.02. The van der Waals surface area contributed by atoms with Crippen LogP contribution < -0.4 is 9.64 Å². The molecule has 2 heterocycles. The van der Waals surface area contributed by atoms with Gasteiger partial charge in [0.25, 0.3) is 0 Å². The third-order valence-electron chi connectivity index (χ3n) is 4.79. The summed E-state index contributed by atoms with van der Waals surface area (Å²) in [6.45, 7) is 0. The first-order valence-corrected chi connectivity index (χ1v) is 9.59. The Balaban J connectivity index is 1.54. The number of pyridine rings is 1. The second kappa shape index (κ2) is 7.78. The highest BCUT2D eigenvalue weighted by molar-refractivity contribution is 6.42. The van der Waals surface area contributed by atoms with E-state index in [4.69, 9.17) is 27.9 Å². The zero-order chi connectivity index (χ0) is 20.5. The van der Waals surface area contributed by atoms with Gasteiger partial charge in [-0.05, 0) is 48.5 Å². The van der Waals surface area contributed by atoms with Gasteiger partial charge in [0, 0.05) is 36.8 Å². The minimum Gasteiger partial charge on any atom is -0.439 e. The van der Waals surface area contributed by atoms with Crippen LogP contribution in [0.1, 0.15) is 10.5 Å². The van der Waals surface area contributed by atoms with Crippen LogP contribution in [-0.4, -0.2) is 22.9 Å². The summed E-state index contributed by atoms with van der Waals surface area (Å²) in [7, 11) is 3.78. The fraction of sp³-hybridized carbons (Fsp3) is 0.0909. The molecule has 2 aromatic heterocycles.